The third-order valence-corrected chi connectivity index (χ3v) is 7.25. The van der Waals surface area contributed by atoms with Crippen LogP contribution in [0, 0.1) is 11.8 Å². The van der Waals surface area contributed by atoms with Gasteiger partial charge in [-0.15, -0.1) is 11.8 Å². The van der Waals surface area contributed by atoms with Crippen molar-refractivity contribution in [2.24, 2.45) is 11.8 Å². The minimum Gasteiger partial charge on any atom is -0.359 e. The molecule has 0 aromatic rings. The topological polar surface area (TPSA) is 83.6 Å². The van der Waals surface area contributed by atoms with Crippen molar-refractivity contribution >= 4 is 35.3 Å². The van der Waals surface area contributed by atoms with Crippen LogP contribution in [0.4, 0.5) is 0 Å². The van der Waals surface area contributed by atoms with Crippen LogP contribution < -0.4 is 5.32 Å². The van der Waals surface area contributed by atoms with Crippen LogP contribution in [0.25, 0.3) is 0 Å². The van der Waals surface area contributed by atoms with Gasteiger partial charge in [-0.2, -0.15) is 0 Å². The number of hydrogen-bond acceptors (Lipinski definition) is 5. The van der Waals surface area contributed by atoms with Crippen LogP contribution in [0.15, 0.2) is 0 Å². The predicted molar refractivity (Wildman–Crippen MR) is 106 cm³/mol. The van der Waals surface area contributed by atoms with Crippen LogP contribution in [-0.2, 0) is 19.2 Å². The minimum atomic E-state index is -0.356. The molecule has 2 rings (SSSR count). The highest BCUT2D eigenvalue weighted by Crippen LogP contribution is 2.39. The van der Waals surface area contributed by atoms with E-state index in [9.17, 15) is 19.2 Å². The molecule has 1 saturated heterocycles. The van der Waals surface area contributed by atoms with Crippen LogP contribution in [0.3, 0.4) is 0 Å². The van der Waals surface area contributed by atoms with Crippen molar-refractivity contribution in [2.75, 3.05) is 13.6 Å². The molecular weight excluding hydrogens is 364 g/mol. The van der Waals surface area contributed by atoms with Gasteiger partial charge in [0.1, 0.15) is 5.78 Å². The summed E-state index contributed by atoms with van der Waals surface area (Å²) in [4.78, 5) is 49.6. The van der Waals surface area contributed by atoms with Crippen LogP contribution in [0.2, 0.25) is 0 Å². The van der Waals surface area contributed by atoms with Crippen LogP contribution in [0.5, 0.6) is 0 Å². The van der Waals surface area contributed by atoms with Gasteiger partial charge in [-0.1, -0.05) is 13.8 Å². The highest BCUT2D eigenvalue weighted by atomic mass is 32.2. The zero-order valence-corrected chi connectivity index (χ0v) is 17.7. The second-order valence-electron chi connectivity index (χ2n) is 8.41. The number of nitrogens with zero attached hydrogens (tertiary/aromatic N) is 1. The lowest BCUT2D eigenvalue weighted by atomic mass is 9.80. The number of likely N-dealkylation sites (tertiary alicyclic amines) is 1. The number of nitrogens with one attached hydrogen (secondary N) is 1. The molecule has 2 aliphatic rings. The molecule has 1 unspecified atom stereocenters. The maximum atomic E-state index is 12.8. The molecule has 27 heavy (non-hydrogen) atoms. The van der Waals surface area contributed by atoms with Crippen LogP contribution in [0.1, 0.15) is 65.7 Å². The van der Waals surface area contributed by atoms with Gasteiger partial charge >= 0.3 is 0 Å². The molecule has 6 nitrogen and oxygen atoms in total. The molecule has 3 amide bonds. The first-order chi connectivity index (χ1) is 12.6. The molecule has 1 aliphatic carbocycles. The minimum absolute atomic E-state index is 0.0136. The number of carbonyl (C=O) groups excluding carboxylic acids is 4. The molecular formula is C20H32N2O4S. The van der Waals surface area contributed by atoms with E-state index >= 15 is 0 Å². The fourth-order valence-electron chi connectivity index (χ4n) is 3.93. The highest BCUT2D eigenvalue weighted by molar-refractivity contribution is 8.02. The van der Waals surface area contributed by atoms with E-state index in [4.69, 9.17) is 0 Å². The standard InChI is InChI=1S/C20H32N2O4S/c1-13(23)15-7-5-14(6-8-15)12-22-18(25)11-16(19(22)26)27-20(2,3)10-9-17(24)21-4/h14-16H,5-12H2,1-4H3,(H,21,24). The number of hydrogen-bond donors (Lipinski definition) is 1. The molecule has 0 spiro atoms. The molecule has 7 heteroatoms. The van der Waals surface area contributed by atoms with Crippen LogP contribution >= 0.6 is 11.8 Å². The lowest BCUT2D eigenvalue weighted by molar-refractivity contribution is -0.139. The maximum Gasteiger partial charge on any atom is 0.242 e. The molecule has 1 aliphatic heterocycles. The first-order valence-electron chi connectivity index (χ1n) is 9.86. The number of thioether (sulfide) groups is 1. The number of rotatable bonds is 8. The summed E-state index contributed by atoms with van der Waals surface area (Å²) in [6.45, 7) is 6.17. The van der Waals surface area contributed by atoms with Gasteiger partial charge < -0.3 is 5.32 Å². The second kappa shape index (κ2) is 9.22. The summed E-state index contributed by atoms with van der Waals surface area (Å²) in [5, 5.41) is 2.26. The number of Topliss-reactive ketones (excluding diaryl/α,β-unsaturated/α-hetero) is 1. The van der Waals surface area contributed by atoms with Gasteiger partial charge in [0.25, 0.3) is 0 Å². The molecule has 1 atom stereocenters. The summed E-state index contributed by atoms with van der Waals surface area (Å²) in [6.07, 6.45) is 4.84. The van der Waals surface area contributed by atoms with E-state index in [1.165, 1.54) is 16.7 Å². The largest absolute Gasteiger partial charge is 0.359 e. The summed E-state index contributed by atoms with van der Waals surface area (Å²) in [7, 11) is 1.61. The molecule has 1 N–H and O–H groups in total. The number of imide groups is 1. The third-order valence-electron chi connectivity index (χ3n) is 5.76. The van der Waals surface area contributed by atoms with E-state index in [1.807, 2.05) is 13.8 Å². The van der Waals surface area contributed by atoms with Crippen molar-refractivity contribution in [1.82, 2.24) is 10.2 Å². The Hall–Kier alpha value is -1.37. The molecule has 0 aromatic carbocycles. The monoisotopic (exact) mass is 396 g/mol. The summed E-state index contributed by atoms with van der Waals surface area (Å²) in [6, 6.07) is 0. The Morgan fingerprint density at radius 3 is 2.37 bits per heavy atom. The van der Waals surface area contributed by atoms with Crippen molar-refractivity contribution in [3.05, 3.63) is 0 Å². The van der Waals surface area contributed by atoms with Gasteiger partial charge in [0.05, 0.1) is 5.25 Å². The van der Waals surface area contributed by atoms with E-state index in [1.54, 1.807) is 14.0 Å². The van der Waals surface area contributed by atoms with Crippen molar-refractivity contribution in [1.29, 1.82) is 0 Å². The Morgan fingerprint density at radius 2 is 1.81 bits per heavy atom. The molecule has 1 heterocycles. The maximum absolute atomic E-state index is 12.8. The average molecular weight is 397 g/mol. The first kappa shape index (κ1) is 21.9. The summed E-state index contributed by atoms with van der Waals surface area (Å²) in [5.41, 5.74) is 0. The number of carbonyl (C=O) groups is 4. The van der Waals surface area contributed by atoms with Gasteiger partial charge in [-0.3, -0.25) is 24.1 Å². The quantitative estimate of drug-likeness (QED) is 0.638. The fourth-order valence-corrected chi connectivity index (χ4v) is 5.37. The van der Waals surface area contributed by atoms with E-state index in [-0.39, 0.29) is 45.8 Å². The zero-order valence-electron chi connectivity index (χ0n) is 16.9. The molecule has 2 fully saturated rings. The zero-order chi connectivity index (χ0) is 20.2. The predicted octanol–water partition coefficient (Wildman–Crippen LogP) is 2.55. The van der Waals surface area contributed by atoms with Gasteiger partial charge in [0.2, 0.25) is 17.7 Å². The van der Waals surface area contributed by atoms with Crippen molar-refractivity contribution in [2.45, 2.75) is 75.7 Å². The Morgan fingerprint density at radius 1 is 1.19 bits per heavy atom. The van der Waals surface area contributed by atoms with E-state index < -0.39 is 0 Å². The summed E-state index contributed by atoms with van der Waals surface area (Å²) >= 11 is 1.51. The first-order valence-corrected chi connectivity index (χ1v) is 10.7. The average Bonchev–Trinajstić information content (AvgIpc) is 2.87. The normalized spacial score (nSPS) is 26.4. The second-order valence-corrected chi connectivity index (χ2v) is 10.3. The molecule has 0 aromatic heterocycles. The Bertz CT molecular complexity index is 597. The lowest BCUT2D eigenvalue weighted by Gasteiger charge is -2.30. The molecule has 1 saturated carbocycles. The Kier molecular flexibility index (Phi) is 7.48. The van der Waals surface area contributed by atoms with Gasteiger partial charge in [-0.05, 0) is 44.9 Å². The van der Waals surface area contributed by atoms with Crippen LogP contribution in [-0.4, -0.2) is 52.0 Å². The van der Waals surface area contributed by atoms with E-state index in [0.717, 1.165) is 25.7 Å². The summed E-state index contributed by atoms with van der Waals surface area (Å²) < 4.78 is -0.247. The lowest BCUT2D eigenvalue weighted by Crippen LogP contribution is -2.38. The fraction of sp³-hybridized carbons (Fsp3) is 0.800. The third kappa shape index (κ3) is 6.06. The Balaban J connectivity index is 1.87. The molecule has 0 radical (unpaired) electrons. The van der Waals surface area contributed by atoms with E-state index in [0.29, 0.717) is 25.3 Å². The van der Waals surface area contributed by atoms with Crippen molar-refractivity contribution < 1.29 is 19.2 Å². The van der Waals surface area contributed by atoms with Gasteiger partial charge in [-0.25, -0.2) is 0 Å². The SMILES string of the molecule is CNC(=O)CCC(C)(C)SC1CC(=O)N(CC2CCC(C(C)=O)CC2)C1=O. The summed E-state index contributed by atoms with van der Waals surface area (Å²) in [5.74, 6) is 0.506. The van der Waals surface area contributed by atoms with Gasteiger partial charge in [0.15, 0.2) is 0 Å². The van der Waals surface area contributed by atoms with Crippen molar-refractivity contribution in [3.63, 3.8) is 0 Å². The van der Waals surface area contributed by atoms with Crippen molar-refractivity contribution in [3.8, 4) is 0 Å². The molecule has 0 bridgehead atoms. The molecule has 152 valence electrons. The number of amides is 3. The van der Waals surface area contributed by atoms with E-state index in [2.05, 4.69) is 5.32 Å². The highest BCUT2D eigenvalue weighted by Gasteiger charge is 2.42. The van der Waals surface area contributed by atoms with Gasteiger partial charge in [0, 0.05) is 37.1 Å². The smallest absolute Gasteiger partial charge is 0.242 e. The Labute approximate surface area is 166 Å². The number of ketones is 1.